The zero-order valence-corrected chi connectivity index (χ0v) is 13.2. The number of hydrogen-bond donors (Lipinski definition) is 1. The molecule has 2 aliphatic rings. The Hall–Kier alpha value is -0.740. The predicted molar refractivity (Wildman–Crippen MR) is 82.0 cm³/mol. The molecular weight excluding hydrogens is 304 g/mol. The number of ether oxygens (including phenoxy) is 1. The average molecular weight is 325 g/mol. The predicted octanol–water partition coefficient (Wildman–Crippen LogP) is 3.04. The number of nitrogens with one attached hydrogen (secondary N) is 1. The van der Waals surface area contributed by atoms with Crippen molar-refractivity contribution in [2.45, 2.75) is 25.3 Å². The highest BCUT2D eigenvalue weighted by Gasteiger charge is 2.43. The van der Waals surface area contributed by atoms with Gasteiger partial charge in [-0.3, -0.25) is 0 Å². The van der Waals surface area contributed by atoms with E-state index in [9.17, 15) is 0 Å². The second kappa shape index (κ2) is 4.98. The summed E-state index contributed by atoms with van der Waals surface area (Å²) in [6, 6.07) is 6.32. The van der Waals surface area contributed by atoms with E-state index in [-0.39, 0.29) is 5.54 Å². The summed E-state index contributed by atoms with van der Waals surface area (Å²) >= 11 is 3.57. The van der Waals surface area contributed by atoms with E-state index in [4.69, 9.17) is 4.74 Å². The van der Waals surface area contributed by atoms with Gasteiger partial charge in [-0.05, 0) is 37.8 Å². The minimum Gasteiger partial charge on any atom is -0.497 e. The quantitative estimate of drug-likeness (QED) is 0.924. The molecule has 4 heteroatoms. The highest BCUT2D eigenvalue weighted by Crippen LogP contribution is 2.41. The Bertz CT molecular complexity index is 475. The van der Waals surface area contributed by atoms with Gasteiger partial charge in [0.1, 0.15) is 5.75 Å². The molecule has 3 rings (SSSR count). The maximum absolute atomic E-state index is 5.37. The molecule has 1 aliphatic heterocycles. The summed E-state index contributed by atoms with van der Waals surface area (Å²) in [5, 5.41) is 3.72. The molecule has 1 N–H and O–H groups in total. The van der Waals surface area contributed by atoms with Crippen molar-refractivity contribution in [2.24, 2.45) is 5.92 Å². The van der Waals surface area contributed by atoms with Crippen LogP contribution in [0.1, 0.15) is 19.8 Å². The molecule has 0 radical (unpaired) electrons. The fraction of sp³-hybridized carbons (Fsp3) is 0.600. The average Bonchev–Trinajstić information content (AvgIpc) is 3.22. The van der Waals surface area contributed by atoms with Crippen LogP contribution >= 0.6 is 15.9 Å². The molecule has 1 unspecified atom stereocenters. The van der Waals surface area contributed by atoms with Crippen LogP contribution in [0.4, 0.5) is 5.69 Å². The third-order valence-electron chi connectivity index (χ3n) is 4.37. The van der Waals surface area contributed by atoms with E-state index in [2.05, 4.69) is 45.2 Å². The van der Waals surface area contributed by atoms with Crippen LogP contribution in [0.25, 0.3) is 0 Å². The summed E-state index contributed by atoms with van der Waals surface area (Å²) in [6.45, 7) is 5.56. The summed E-state index contributed by atoms with van der Waals surface area (Å²) < 4.78 is 6.44. The van der Waals surface area contributed by atoms with Crippen LogP contribution in [-0.2, 0) is 0 Å². The lowest BCUT2D eigenvalue weighted by Gasteiger charge is -2.43. The molecule has 104 valence electrons. The molecule has 2 fully saturated rings. The SMILES string of the molecule is COc1cc(Br)cc(N2CCNC(C)(C3CC3)C2)c1. The molecule has 19 heavy (non-hydrogen) atoms. The smallest absolute Gasteiger partial charge is 0.122 e. The Kier molecular flexibility index (Phi) is 3.48. The molecule has 0 amide bonds. The zero-order valence-electron chi connectivity index (χ0n) is 11.6. The lowest BCUT2D eigenvalue weighted by Crippen LogP contribution is -2.60. The van der Waals surface area contributed by atoms with Gasteiger partial charge in [0.25, 0.3) is 0 Å². The molecule has 1 saturated carbocycles. The van der Waals surface area contributed by atoms with Gasteiger partial charge in [-0.25, -0.2) is 0 Å². The number of rotatable bonds is 3. The number of hydrogen-bond acceptors (Lipinski definition) is 3. The van der Waals surface area contributed by atoms with Crippen molar-refractivity contribution >= 4 is 21.6 Å². The van der Waals surface area contributed by atoms with E-state index in [0.717, 1.165) is 35.8 Å². The standard InChI is InChI=1S/C15H21BrN2O/c1-15(11-3-4-11)10-18(6-5-17-15)13-7-12(16)8-14(9-13)19-2/h7-9,11,17H,3-6,10H2,1-2H3. The third kappa shape index (κ3) is 2.75. The van der Waals surface area contributed by atoms with Gasteiger partial charge in [-0.15, -0.1) is 0 Å². The van der Waals surface area contributed by atoms with Gasteiger partial charge in [-0.2, -0.15) is 0 Å². The van der Waals surface area contributed by atoms with E-state index in [1.165, 1.54) is 18.5 Å². The molecule has 3 nitrogen and oxygen atoms in total. The van der Waals surface area contributed by atoms with Gasteiger partial charge in [0.05, 0.1) is 7.11 Å². The molecule has 0 bridgehead atoms. The molecule has 1 saturated heterocycles. The van der Waals surface area contributed by atoms with Gasteiger partial charge in [0.2, 0.25) is 0 Å². The van der Waals surface area contributed by atoms with Crippen molar-refractivity contribution in [2.75, 3.05) is 31.6 Å². The molecule has 1 aliphatic carbocycles. The van der Waals surface area contributed by atoms with Gasteiger partial charge in [0.15, 0.2) is 0 Å². The number of halogens is 1. The lowest BCUT2D eigenvalue weighted by atomic mass is 9.92. The fourth-order valence-electron chi connectivity index (χ4n) is 3.07. The monoisotopic (exact) mass is 324 g/mol. The van der Waals surface area contributed by atoms with Crippen LogP contribution in [0.3, 0.4) is 0 Å². The normalized spacial score (nSPS) is 27.4. The summed E-state index contributed by atoms with van der Waals surface area (Å²) in [7, 11) is 1.72. The highest BCUT2D eigenvalue weighted by atomic mass is 79.9. The first-order chi connectivity index (χ1) is 9.10. The van der Waals surface area contributed by atoms with Gasteiger partial charge < -0.3 is 15.0 Å². The van der Waals surface area contributed by atoms with E-state index in [0.29, 0.717) is 0 Å². The van der Waals surface area contributed by atoms with Crippen molar-refractivity contribution in [3.05, 3.63) is 22.7 Å². The van der Waals surface area contributed by atoms with Crippen molar-refractivity contribution in [1.29, 1.82) is 0 Å². The van der Waals surface area contributed by atoms with E-state index < -0.39 is 0 Å². The third-order valence-corrected chi connectivity index (χ3v) is 4.82. The maximum Gasteiger partial charge on any atom is 0.122 e. The Labute approximate surface area is 123 Å². The van der Waals surface area contributed by atoms with E-state index in [1.54, 1.807) is 7.11 Å². The largest absolute Gasteiger partial charge is 0.497 e. The van der Waals surface area contributed by atoms with Crippen molar-refractivity contribution in [3.8, 4) is 5.75 Å². The van der Waals surface area contributed by atoms with Crippen LogP contribution < -0.4 is 15.0 Å². The van der Waals surface area contributed by atoms with Crippen LogP contribution in [0.2, 0.25) is 0 Å². The summed E-state index contributed by atoms with van der Waals surface area (Å²) in [6.07, 6.45) is 2.75. The maximum atomic E-state index is 5.37. The number of piperazine rings is 1. The molecular formula is C15H21BrN2O. The van der Waals surface area contributed by atoms with Crippen LogP contribution in [0.5, 0.6) is 5.75 Å². The Morgan fingerprint density at radius 3 is 2.84 bits per heavy atom. The number of methoxy groups -OCH3 is 1. The molecule has 1 atom stereocenters. The number of nitrogens with zero attached hydrogens (tertiary/aromatic N) is 1. The first-order valence-corrected chi connectivity index (χ1v) is 7.74. The second-order valence-corrected chi connectivity index (χ2v) is 6.81. The lowest BCUT2D eigenvalue weighted by molar-refractivity contribution is 0.285. The van der Waals surface area contributed by atoms with E-state index >= 15 is 0 Å². The fourth-order valence-corrected chi connectivity index (χ4v) is 3.53. The molecule has 1 aromatic carbocycles. The zero-order chi connectivity index (χ0) is 13.5. The first-order valence-electron chi connectivity index (χ1n) is 6.95. The Balaban J connectivity index is 1.83. The molecule has 0 spiro atoms. The second-order valence-electron chi connectivity index (χ2n) is 5.89. The van der Waals surface area contributed by atoms with Gasteiger partial charge in [-0.1, -0.05) is 15.9 Å². The Morgan fingerprint density at radius 1 is 1.37 bits per heavy atom. The molecule has 0 aromatic heterocycles. The van der Waals surface area contributed by atoms with Crippen molar-refractivity contribution in [3.63, 3.8) is 0 Å². The van der Waals surface area contributed by atoms with Crippen molar-refractivity contribution in [1.82, 2.24) is 5.32 Å². The Morgan fingerprint density at radius 2 is 2.16 bits per heavy atom. The van der Waals surface area contributed by atoms with Gasteiger partial charge >= 0.3 is 0 Å². The first kappa shape index (κ1) is 13.3. The summed E-state index contributed by atoms with van der Waals surface area (Å²) in [5.74, 6) is 1.76. The topological polar surface area (TPSA) is 24.5 Å². The van der Waals surface area contributed by atoms with Crippen molar-refractivity contribution < 1.29 is 4.74 Å². The van der Waals surface area contributed by atoms with Crippen LogP contribution in [-0.4, -0.2) is 32.3 Å². The molecule has 1 aromatic rings. The molecule has 1 heterocycles. The minimum absolute atomic E-state index is 0.272. The van der Waals surface area contributed by atoms with Crippen LogP contribution in [0, 0.1) is 5.92 Å². The van der Waals surface area contributed by atoms with Gasteiger partial charge in [0, 0.05) is 41.4 Å². The number of benzene rings is 1. The summed E-state index contributed by atoms with van der Waals surface area (Å²) in [4.78, 5) is 2.47. The van der Waals surface area contributed by atoms with Crippen LogP contribution in [0.15, 0.2) is 22.7 Å². The summed E-state index contributed by atoms with van der Waals surface area (Å²) in [5.41, 5.74) is 1.52. The van der Waals surface area contributed by atoms with E-state index in [1.807, 2.05) is 6.07 Å². The minimum atomic E-state index is 0.272. The highest BCUT2D eigenvalue weighted by molar-refractivity contribution is 9.10. The number of anilines is 1.